The molecule has 3 aromatic rings. The molecule has 2 heterocycles. The van der Waals surface area contributed by atoms with E-state index in [-0.39, 0.29) is 17.0 Å². The minimum Gasteiger partial charge on any atom is -0.493 e. The summed E-state index contributed by atoms with van der Waals surface area (Å²) >= 11 is 6.80. The van der Waals surface area contributed by atoms with Crippen LogP contribution in [0, 0.1) is 18.3 Å². The van der Waals surface area contributed by atoms with Gasteiger partial charge in [-0.3, -0.25) is 19.1 Å². The molecule has 42 heavy (non-hydrogen) atoms. The second-order valence-electron chi connectivity index (χ2n) is 9.80. The summed E-state index contributed by atoms with van der Waals surface area (Å²) in [5, 5.41) is 13.4. The van der Waals surface area contributed by atoms with Crippen LogP contribution in [0.3, 0.4) is 0 Å². The van der Waals surface area contributed by atoms with Gasteiger partial charge in [-0.15, -0.1) is 0 Å². The van der Waals surface area contributed by atoms with Crippen LogP contribution in [0.2, 0.25) is 0 Å². The predicted octanol–water partition coefficient (Wildman–Crippen LogP) is 5.90. The van der Waals surface area contributed by atoms with Gasteiger partial charge in [0.05, 0.1) is 25.7 Å². The maximum Gasteiger partial charge on any atom is 0.270 e. The van der Waals surface area contributed by atoms with Crippen molar-refractivity contribution in [3.05, 3.63) is 91.6 Å². The number of unbranched alkanes of at least 4 members (excludes halogenated alkanes) is 1. The Labute approximate surface area is 255 Å². The third-order valence-electron chi connectivity index (χ3n) is 7.10. The first kappa shape index (κ1) is 30.9. The Morgan fingerprint density at radius 2 is 1.81 bits per heavy atom. The van der Waals surface area contributed by atoms with E-state index in [9.17, 15) is 14.9 Å². The van der Waals surface area contributed by atoms with Crippen LogP contribution < -0.4 is 20.3 Å². The number of nitrogens with one attached hydrogen (secondary N) is 1. The molecule has 8 nitrogen and oxygen atoms in total. The second-order valence-corrected chi connectivity index (χ2v) is 11.5. The summed E-state index contributed by atoms with van der Waals surface area (Å²) in [5.74, 6) is 1.67. The molecule has 0 radical (unpaired) electrons. The van der Waals surface area contributed by atoms with E-state index in [1.54, 1.807) is 36.7 Å². The van der Waals surface area contributed by atoms with Gasteiger partial charge in [0.25, 0.3) is 11.5 Å². The smallest absolute Gasteiger partial charge is 0.270 e. The van der Waals surface area contributed by atoms with Crippen molar-refractivity contribution in [3.8, 4) is 17.6 Å². The van der Waals surface area contributed by atoms with Crippen molar-refractivity contribution >= 4 is 46.1 Å². The molecule has 1 aromatic heterocycles. The summed E-state index contributed by atoms with van der Waals surface area (Å²) < 4.78 is 12.9. The highest BCUT2D eigenvalue weighted by atomic mass is 32.2. The van der Waals surface area contributed by atoms with Crippen LogP contribution in [0.5, 0.6) is 11.5 Å². The van der Waals surface area contributed by atoms with Crippen LogP contribution in [-0.4, -0.2) is 40.5 Å². The summed E-state index contributed by atoms with van der Waals surface area (Å²) in [6.07, 6.45) is 4.04. The number of anilines is 1. The number of carbonyl (C=O) groups is 1. The van der Waals surface area contributed by atoms with E-state index in [1.165, 1.54) is 11.8 Å². The Bertz CT molecular complexity index is 1610. The summed E-state index contributed by atoms with van der Waals surface area (Å²) in [5.41, 5.74) is 2.89. The van der Waals surface area contributed by atoms with Gasteiger partial charge in [-0.25, -0.2) is 0 Å². The predicted molar refractivity (Wildman–Crippen MR) is 172 cm³/mol. The van der Waals surface area contributed by atoms with E-state index in [1.807, 2.05) is 55.5 Å². The molecule has 2 aromatic carbocycles. The molecule has 1 fully saturated rings. The zero-order valence-corrected chi connectivity index (χ0v) is 25.9. The highest BCUT2D eigenvalue weighted by molar-refractivity contribution is 8.26. The molecule has 0 aliphatic carbocycles. The number of hydrogen-bond donors (Lipinski definition) is 1. The monoisotopic (exact) mass is 602 g/mol. The number of thiocarbonyl (C=S) groups is 1. The fourth-order valence-electron chi connectivity index (χ4n) is 4.78. The van der Waals surface area contributed by atoms with Crippen LogP contribution >= 0.6 is 24.0 Å². The van der Waals surface area contributed by atoms with Gasteiger partial charge in [0.2, 0.25) is 0 Å². The molecule has 0 bridgehead atoms. The molecule has 0 atom stereocenters. The molecule has 0 unspecified atom stereocenters. The Hall–Kier alpha value is -4.07. The van der Waals surface area contributed by atoms with Gasteiger partial charge in [0.1, 0.15) is 21.8 Å². The first-order chi connectivity index (χ1) is 20.3. The number of benzene rings is 2. The van der Waals surface area contributed by atoms with Gasteiger partial charge in [0.15, 0.2) is 11.5 Å². The number of thioether (sulfide) groups is 1. The van der Waals surface area contributed by atoms with Crippen LogP contribution in [-0.2, 0) is 24.3 Å². The zero-order valence-electron chi connectivity index (χ0n) is 24.2. The number of nitrogens with zero attached hydrogens (tertiary/aromatic N) is 3. The Balaban J connectivity index is 1.71. The highest BCUT2D eigenvalue weighted by Crippen LogP contribution is 2.36. The molecule has 10 heteroatoms. The van der Waals surface area contributed by atoms with Crippen molar-refractivity contribution in [3.63, 3.8) is 0 Å². The third kappa shape index (κ3) is 6.69. The summed E-state index contributed by atoms with van der Waals surface area (Å²) in [4.78, 5) is 29.0. The van der Waals surface area contributed by atoms with Crippen molar-refractivity contribution in [2.24, 2.45) is 0 Å². The molecule has 4 rings (SSSR count). The minimum absolute atomic E-state index is 0.0718. The van der Waals surface area contributed by atoms with Crippen LogP contribution in [0.25, 0.3) is 6.08 Å². The molecule has 218 valence electrons. The minimum atomic E-state index is -0.342. The quantitative estimate of drug-likeness (QED) is 0.202. The van der Waals surface area contributed by atoms with Crippen LogP contribution in [0.1, 0.15) is 47.6 Å². The molecule has 1 aliphatic heterocycles. The average molecular weight is 603 g/mol. The molecule has 0 spiro atoms. The topological polar surface area (TPSA) is 96.6 Å². The van der Waals surface area contributed by atoms with Crippen molar-refractivity contribution < 1.29 is 14.3 Å². The van der Waals surface area contributed by atoms with E-state index in [0.717, 1.165) is 24.0 Å². The fourth-order valence-corrected chi connectivity index (χ4v) is 6.01. The summed E-state index contributed by atoms with van der Waals surface area (Å²) in [6.45, 7) is 5.12. The zero-order chi connectivity index (χ0) is 30.2. The van der Waals surface area contributed by atoms with Gasteiger partial charge in [-0.1, -0.05) is 73.7 Å². The molecular weight excluding hydrogens is 569 g/mol. The number of hydrogen-bond acceptors (Lipinski definition) is 8. The third-order valence-corrected chi connectivity index (χ3v) is 8.47. The molecule has 1 amide bonds. The van der Waals surface area contributed by atoms with Gasteiger partial charge < -0.3 is 14.8 Å². The first-order valence-electron chi connectivity index (χ1n) is 13.7. The molecule has 1 N–H and O–H groups in total. The number of nitriles is 1. The summed E-state index contributed by atoms with van der Waals surface area (Å²) in [6, 6.07) is 17.5. The lowest BCUT2D eigenvalue weighted by atomic mass is 10.0. The number of pyridine rings is 1. The maximum atomic E-state index is 13.5. The van der Waals surface area contributed by atoms with E-state index in [2.05, 4.69) is 11.4 Å². The number of amides is 1. The summed E-state index contributed by atoms with van der Waals surface area (Å²) in [7, 11) is 3.19. The van der Waals surface area contributed by atoms with Crippen LogP contribution in [0.4, 0.5) is 5.82 Å². The van der Waals surface area contributed by atoms with Crippen molar-refractivity contribution in [1.29, 1.82) is 5.26 Å². The average Bonchev–Trinajstić information content (AvgIpc) is 3.26. The van der Waals surface area contributed by atoms with Gasteiger partial charge in [-0.05, 0) is 54.7 Å². The fraction of sp³-hybridized carbons (Fsp3) is 0.312. The Morgan fingerprint density at radius 1 is 1.07 bits per heavy atom. The van der Waals surface area contributed by atoms with Crippen LogP contribution in [0.15, 0.2) is 58.2 Å². The molecule has 1 aliphatic rings. The lowest BCUT2D eigenvalue weighted by Crippen LogP contribution is -2.29. The first-order valence-corrected chi connectivity index (χ1v) is 15.0. The largest absolute Gasteiger partial charge is 0.493 e. The SMILES string of the molecule is CCCCn1c(NCCc2ccc(OC)c(OC)c2)c(/C=C2/SC(=S)N(Cc3ccccc3)C2=O)c(C)c(C#N)c1=O. The second kappa shape index (κ2) is 14.2. The van der Waals surface area contributed by atoms with E-state index in [0.29, 0.717) is 63.7 Å². The van der Waals surface area contributed by atoms with Gasteiger partial charge in [-0.2, -0.15) is 5.26 Å². The maximum absolute atomic E-state index is 13.5. The number of ether oxygens (including phenoxy) is 2. The number of rotatable bonds is 12. The molecule has 1 saturated heterocycles. The molecule has 0 saturated carbocycles. The van der Waals surface area contributed by atoms with E-state index < -0.39 is 0 Å². The molecular formula is C32H34N4O4S2. The normalized spacial score (nSPS) is 13.9. The van der Waals surface area contributed by atoms with Crippen molar-refractivity contribution in [1.82, 2.24) is 9.47 Å². The standard InChI is InChI=1S/C32H34N4O4S2/c1-5-6-16-35-29(34-15-14-22-12-13-26(39-3)27(17-22)40-4)24(21(2)25(19-33)30(35)37)18-28-31(38)36(32(41)42-28)20-23-10-8-7-9-11-23/h7-13,17-18,34H,5-6,14-16,20H2,1-4H3/b28-18+. The van der Waals surface area contributed by atoms with Gasteiger partial charge >= 0.3 is 0 Å². The Morgan fingerprint density at radius 3 is 2.48 bits per heavy atom. The van der Waals surface area contributed by atoms with Gasteiger partial charge in [0, 0.05) is 18.7 Å². The van der Waals surface area contributed by atoms with E-state index >= 15 is 0 Å². The Kier molecular flexibility index (Phi) is 10.4. The van der Waals surface area contributed by atoms with Crippen molar-refractivity contribution in [2.75, 3.05) is 26.1 Å². The van der Waals surface area contributed by atoms with E-state index in [4.69, 9.17) is 21.7 Å². The number of aromatic nitrogens is 1. The highest BCUT2D eigenvalue weighted by Gasteiger charge is 2.33. The number of carbonyl (C=O) groups excluding carboxylic acids is 1. The lowest BCUT2D eigenvalue weighted by molar-refractivity contribution is -0.122. The number of methoxy groups -OCH3 is 2. The lowest BCUT2D eigenvalue weighted by Gasteiger charge is -2.20. The van der Waals surface area contributed by atoms with Crippen molar-refractivity contribution in [2.45, 2.75) is 46.2 Å².